The number of fused-ring (bicyclic) bond motifs is 7. The zero-order chi connectivity index (χ0) is 32.3. The smallest absolute Gasteiger partial charge is 0.166 e. The molecule has 0 aliphatic heterocycles. The van der Waals surface area contributed by atoms with Crippen LogP contribution in [-0.2, 0) is 0 Å². The minimum Gasteiger partial charge on any atom is -0.454 e. The second-order valence-electron chi connectivity index (χ2n) is 12.3. The first kappa shape index (κ1) is 27.4. The number of para-hydroxylation sites is 1. The minimum absolute atomic E-state index is 0.542. The quantitative estimate of drug-likeness (QED) is 0.182. The van der Waals surface area contributed by atoms with Crippen molar-refractivity contribution in [2.24, 2.45) is 0 Å². The predicted molar refractivity (Wildman–Crippen MR) is 199 cm³/mol. The van der Waals surface area contributed by atoms with Gasteiger partial charge in [-0.15, -0.1) is 0 Å². The van der Waals surface area contributed by atoms with Crippen molar-refractivity contribution in [2.45, 2.75) is 0 Å². The molecule has 10 aromatic rings. The van der Waals surface area contributed by atoms with Gasteiger partial charge < -0.3 is 4.42 Å². The lowest BCUT2D eigenvalue weighted by Crippen LogP contribution is -2.00. The largest absolute Gasteiger partial charge is 0.454 e. The molecule has 0 bridgehead atoms. The number of pyridine rings is 1. The monoisotopic (exact) mass is 626 g/mol. The SMILES string of the molecule is c1ccc(-c2nc(-c3ccc4ccccc4c3)nc(-c3cncc4oc5c(-c6ccc7ccc8ccccc8c7c6)cccc5c34)n2)cc1. The van der Waals surface area contributed by atoms with Crippen molar-refractivity contribution in [3.8, 4) is 45.3 Å². The fourth-order valence-corrected chi connectivity index (χ4v) is 6.99. The summed E-state index contributed by atoms with van der Waals surface area (Å²) in [6.07, 6.45) is 3.61. The number of aromatic nitrogens is 4. The van der Waals surface area contributed by atoms with E-state index >= 15 is 0 Å². The highest BCUT2D eigenvalue weighted by Gasteiger charge is 2.20. The first-order chi connectivity index (χ1) is 24.3. The average Bonchev–Trinajstić information content (AvgIpc) is 3.57. The van der Waals surface area contributed by atoms with Crippen LogP contribution >= 0.6 is 0 Å². The summed E-state index contributed by atoms with van der Waals surface area (Å²) in [5.74, 6) is 1.74. The maximum absolute atomic E-state index is 6.64. The van der Waals surface area contributed by atoms with E-state index in [4.69, 9.17) is 19.4 Å². The third kappa shape index (κ3) is 4.55. The fourth-order valence-electron chi connectivity index (χ4n) is 6.99. The van der Waals surface area contributed by atoms with Gasteiger partial charge in [0.15, 0.2) is 23.1 Å². The molecular formula is C44H26N4O. The summed E-state index contributed by atoms with van der Waals surface area (Å²) < 4.78 is 6.64. The van der Waals surface area contributed by atoms with Crippen LogP contribution in [0.3, 0.4) is 0 Å². The van der Waals surface area contributed by atoms with E-state index in [0.717, 1.165) is 54.9 Å². The summed E-state index contributed by atoms with van der Waals surface area (Å²) in [7, 11) is 0. The molecule has 0 aliphatic rings. The van der Waals surface area contributed by atoms with E-state index in [1.54, 1.807) is 6.20 Å². The number of benzene rings is 7. The van der Waals surface area contributed by atoms with Gasteiger partial charge in [-0.1, -0.05) is 133 Å². The molecule has 7 aromatic carbocycles. The predicted octanol–water partition coefficient (Wildman–Crippen LogP) is 11.3. The molecule has 5 nitrogen and oxygen atoms in total. The van der Waals surface area contributed by atoms with E-state index in [2.05, 4.69) is 108 Å². The minimum atomic E-state index is 0.542. The van der Waals surface area contributed by atoms with Crippen molar-refractivity contribution >= 4 is 54.3 Å². The summed E-state index contributed by atoms with van der Waals surface area (Å²) in [4.78, 5) is 19.7. The van der Waals surface area contributed by atoms with Gasteiger partial charge in [0.2, 0.25) is 0 Å². The Morgan fingerprint density at radius 2 is 1.04 bits per heavy atom. The van der Waals surface area contributed by atoms with E-state index in [-0.39, 0.29) is 0 Å². The summed E-state index contributed by atoms with van der Waals surface area (Å²) in [5.41, 5.74) is 6.22. The molecule has 0 saturated carbocycles. The molecule has 0 saturated heterocycles. The maximum atomic E-state index is 6.64. The lowest BCUT2D eigenvalue weighted by atomic mass is 9.96. The molecule has 3 heterocycles. The second-order valence-corrected chi connectivity index (χ2v) is 12.3. The molecule has 10 rings (SSSR count). The third-order valence-corrected chi connectivity index (χ3v) is 9.38. The molecule has 3 aromatic heterocycles. The van der Waals surface area contributed by atoms with Gasteiger partial charge in [-0.25, -0.2) is 15.0 Å². The van der Waals surface area contributed by atoms with Crippen LogP contribution in [-0.4, -0.2) is 19.9 Å². The highest BCUT2D eigenvalue weighted by molar-refractivity contribution is 6.15. The van der Waals surface area contributed by atoms with Crippen molar-refractivity contribution in [1.82, 2.24) is 19.9 Å². The van der Waals surface area contributed by atoms with Crippen LogP contribution in [0.15, 0.2) is 162 Å². The highest BCUT2D eigenvalue weighted by atomic mass is 16.3. The Bertz CT molecular complexity index is 2890. The Balaban J connectivity index is 1.19. The van der Waals surface area contributed by atoms with E-state index in [1.807, 2.05) is 48.7 Å². The number of hydrogen-bond donors (Lipinski definition) is 0. The third-order valence-electron chi connectivity index (χ3n) is 9.38. The number of hydrogen-bond acceptors (Lipinski definition) is 5. The molecule has 0 unspecified atom stereocenters. The normalized spacial score (nSPS) is 11.7. The Morgan fingerprint density at radius 1 is 0.388 bits per heavy atom. The van der Waals surface area contributed by atoms with Gasteiger partial charge in [0.25, 0.3) is 0 Å². The number of furan rings is 1. The summed E-state index contributed by atoms with van der Waals surface area (Å²) >= 11 is 0. The van der Waals surface area contributed by atoms with Crippen LogP contribution in [0.2, 0.25) is 0 Å². The first-order valence-corrected chi connectivity index (χ1v) is 16.3. The van der Waals surface area contributed by atoms with Gasteiger partial charge in [-0.05, 0) is 50.0 Å². The summed E-state index contributed by atoms with van der Waals surface area (Å²) in [6.45, 7) is 0. The van der Waals surface area contributed by atoms with Crippen LogP contribution in [0.4, 0.5) is 0 Å². The average molecular weight is 627 g/mol. The fraction of sp³-hybridized carbons (Fsp3) is 0. The Morgan fingerprint density at radius 3 is 1.92 bits per heavy atom. The number of rotatable bonds is 4. The van der Waals surface area contributed by atoms with Crippen LogP contribution in [0.5, 0.6) is 0 Å². The van der Waals surface area contributed by atoms with Crippen LogP contribution in [0.25, 0.3) is 99.5 Å². The van der Waals surface area contributed by atoms with Crippen molar-refractivity contribution in [1.29, 1.82) is 0 Å². The van der Waals surface area contributed by atoms with Gasteiger partial charge in [0.05, 0.1) is 6.20 Å². The van der Waals surface area contributed by atoms with E-state index in [1.165, 1.54) is 21.5 Å². The molecule has 0 amide bonds. The highest BCUT2D eigenvalue weighted by Crippen LogP contribution is 2.41. The van der Waals surface area contributed by atoms with Gasteiger partial charge in [0, 0.05) is 39.2 Å². The molecule has 0 aliphatic carbocycles. The van der Waals surface area contributed by atoms with Crippen molar-refractivity contribution in [2.75, 3.05) is 0 Å². The molecule has 0 N–H and O–H groups in total. The van der Waals surface area contributed by atoms with Crippen molar-refractivity contribution < 1.29 is 4.42 Å². The van der Waals surface area contributed by atoms with E-state index in [0.29, 0.717) is 23.1 Å². The molecule has 0 radical (unpaired) electrons. The van der Waals surface area contributed by atoms with Gasteiger partial charge in [-0.2, -0.15) is 0 Å². The maximum Gasteiger partial charge on any atom is 0.166 e. The summed E-state index contributed by atoms with van der Waals surface area (Å²) in [5, 5.41) is 9.07. The van der Waals surface area contributed by atoms with Crippen LogP contribution in [0.1, 0.15) is 0 Å². The number of nitrogens with zero attached hydrogens (tertiary/aromatic N) is 4. The molecule has 0 spiro atoms. The summed E-state index contributed by atoms with van der Waals surface area (Å²) in [6, 6.07) is 50.5. The van der Waals surface area contributed by atoms with Gasteiger partial charge >= 0.3 is 0 Å². The first-order valence-electron chi connectivity index (χ1n) is 16.3. The molecular weight excluding hydrogens is 601 g/mol. The Labute approximate surface area is 281 Å². The van der Waals surface area contributed by atoms with Crippen LogP contribution < -0.4 is 0 Å². The van der Waals surface area contributed by atoms with Crippen LogP contribution in [0, 0.1) is 0 Å². The van der Waals surface area contributed by atoms with Crippen molar-refractivity contribution in [3.05, 3.63) is 158 Å². The standard InChI is InChI=1S/C44H26N4O/c1-2-11-30(12-3-1)42-46-43(33-22-17-27-9-4-5-13-31(27)23-33)48-44(47-42)38-25-45-26-39-40(38)36-16-8-15-35(41(36)49-39)32-21-20-29-19-18-28-10-6-7-14-34(28)37(29)24-32/h1-26H. The topological polar surface area (TPSA) is 64.7 Å². The molecule has 5 heteroatoms. The zero-order valence-corrected chi connectivity index (χ0v) is 26.2. The molecule has 0 atom stereocenters. The lowest BCUT2D eigenvalue weighted by molar-refractivity contribution is 0.668. The van der Waals surface area contributed by atoms with E-state index in [9.17, 15) is 0 Å². The molecule has 49 heavy (non-hydrogen) atoms. The van der Waals surface area contributed by atoms with E-state index < -0.39 is 0 Å². The van der Waals surface area contributed by atoms with Gasteiger partial charge in [-0.3, -0.25) is 4.98 Å². The second kappa shape index (κ2) is 10.9. The molecule has 228 valence electrons. The Hall–Kier alpha value is -6.72. The Kier molecular flexibility index (Phi) is 6.11. The van der Waals surface area contributed by atoms with Crippen molar-refractivity contribution in [3.63, 3.8) is 0 Å². The zero-order valence-electron chi connectivity index (χ0n) is 26.2. The molecule has 0 fully saturated rings. The lowest BCUT2D eigenvalue weighted by Gasteiger charge is -2.10. The van der Waals surface area contributed by atoms with Gasteiger partial charge in [0.1, 0.15) is 5.58 Å².